The summed E-state index contributed by atoms with van der Waals surface area (Å²) in [6, 6.07) is 17.6. The van der Waals surface area contributed by atoms with Crippen molar-refractivity contribution < 1.29 is 9.53 Å². The molecule has 27 heavy (non-hydrogen) atoms. The fraction of sp³-hybridized carbons (Fsp3) is 0.273. The third kappa shape index (κ3) is 5.28. The Hall–Kier alpha value is -2.92. The molecule has 5 heteroatoms. The molecular formula is C22H25N3O2. The summed E-state index contributed by atoms with van der Waals surface area (Å²) in [5.74, 6) is -0.298. The average Bonchev–Trinajstić information content (AvgIpc) is 3.10. The number of nitrogens with zero attached hydrogens (tertiary/aromatic N) is 1. The third-order valence-electron chi connectivity index (χ3n) is 4.01. The Morgan fingerprint density at radius 2 is 1.74 bits per heavy atom. The summed E-state index contributed by atoms with van der Waals surface area (Å²) < 4.78 is 5.38. The number of carbonyl (C=O) groups is 1. The molecule has 0 aliphatic heterocycles. The van der Waals surface area contributed by atoms with E-state index in [9.17, 15) is 4.79 Å². The molecule has 140 valence electrons. The van der Waals surface area contributed by atoms with Crippen LogP contribution in [0.4, 0.5) is 0 Å². The maximum Gasteiger partial charge on any atom is 0.338 e. The fourth-order valence-corrected chi connectivity index (χ4v) is 2.74. The summed E-state index contributed by atoms with van der Waals surface area (Å²) in [5, 5.41) is 10.7. The van der Waals surface area contributed by atoms with E-state index in [1.165, 1.54) is 0 Å². The Bertz CT molecular complexity index is 878. The molecule has 0 radical (unpaired) electrons. The monoisotopic (exact) mass is 363 g/mol. The first kappa shape index (κ1) is 18.9. The second kappa shape index (κ2) is 8.18. The zero-order chi connectivity index (χ0) is 19.3. The summed E-state index contributed by atoms with van der Waals surface area (Å²) in [6.07, 6.45) is 1.85. The third-order valence-corrected chi connectivity index (χ3v) is 4.01. The zero-order valence-corrected chi connectivity index (χ0v) is 16.0. The number of benzene rings is 2. The lowest BCUT2D eigenvalue weighted by Crippen LogP contribution is -2.23. The van der Waals surface area contributed by atoms with Crippen LogP contribution in [-0.2, 0) is 17.8 Å². The number of carbonyl (C=O) groups excluding carboxylic acids is 1. The van der Waals surface area contributed by atoms with E-state index < -0.39 is 5.60 Å². The van der Waals surface area contributed by atoms with Crippen molar-refractivity contribution in [2.24, 2.45) is 0 Å². The van der Waals surface area contributed by atoms with Gasteiger partial charge in [0, 0.05) is 18.7 Å². The van der Waals surface area contributed by atoms with Crippen LogP contribution in [0.15, 0.2) is 60.8 Å². The zero-order valence-electron chi connectivity index (χ0n) is 16.0. The van der Waals surface area contributed by atoms with Crippen LogP contribution in [0.5, 0.6) is 0 Å². The van der Waals surface area contributed by atoms with Gasteiger partial charge in [0.05, 0.1) is 17.5 Å². The fourth-order valence-electron chi connectivity index (χ4n) is 2.74. The summed E-state index contributed by atoms with van der Waals surface area (Å²) in [5.41, 5.74) is 4.45. The predicted octanol–water partition coefficient (Wildman–Crippen LogP) is 4.32. The first-order chi connectivity index (χ1) is 12.9. The van der Waals surface area contributed by atoms with Gasteiger partial charge in [0.1, 0.15) is 5.60 Å². The molecule has 0 saturated carbocycles. The molecule has 1 aromatic heterocycles. The lowest BCUT2D eigenvalue weighted by molar-refractivity contribution is 0.00695. The van der Waals surface area contributed by atoms with Crippen molar-refractivity contribution in [3.05, 3.63) is 77.5 Å². The van der Waals surface area contributed by atoms with Gasteiger partial charge in [0.2, 0.25) is 0 Å². The van der Waals surface area contributed by atoms with Crippen molar-refractivity contribution in [2.75, 3.05) is 0 Å². The van der Waals surface area contributed by atoms with Gasteiger partial charge in [-0.2, -0.15) is 5.10 Å². The predicted molar refractivity (Wildman–Crippen MR) is 106 cm³/mol. The number of rotatable bonds is 6. The lowest BCUT2D eigenvalue weighted by atomic mass is 10.1. The van der Waals surface area contributed by atoms with Crippen molar-refractivity contribution in [3.63, 3.8) is 0 Å². The Morgan fingerprint density at radius 1 is 1.04 bits per heavy atom. The first-order valence-corrected chi connectivity index (χ1v) is 9.03. The maximum absolute atomic E-state index is 12.1. The molecule has 0 unspecified atom stereocenters. The van der Waals surface area contributed by atoms with Gasteiger partial charge in [0.25, 0.3) is 0 Å². The van der Waals surface area contributed by atoms with Crippen molar-refractivity contribution in [1.29, 1.82) is 0 Å². The van der Waals surface area contributed by atoms with Crippen LogP contribution < -0.4 is 5.32 Å². The number of esters is 1. The minimum Gasteiger partial charge on any atom is -0.456 e. The van der Waals surface area contributed by atoms with E-state index in [0.29, 0.717) is 18.7 Å². The molecule has 3 aromatic rings. The van der Waals surface area contributed by atoms with Gasteiger partial charge in [-0.15, -0.1) is 0 Å². The largest absolute Gasteiger partial charge is 0.456 e. The van der Waals surface area contributed by atoms with E-state index in [4.69, 9.17) is 4.74 Å². The van der Waals surface area contributed by atoms with Crippen molar-refractivity contribution >= 4 is 5.97 Å². The van der Waals surface area contributed by atoms with E-state index in [0.717, 1.165) is 22.4 Å². The molecule has 0 bridgehead atoms. The minimum absolute atomic E-state index is 0.298. The Kier molecular flexibility index (Phi) is 5.72. The summed E-state index contributed by atoms with van der Waals surface area (Å²) >= 11 is 0. The van der Waals surface area contributed by atoms with Crippen LogP contribution in [0.1, 0.15) is 42.3 Å². The number of H-pyrrole nitrogens is 1. The van der Waals surface area contributed by atoms with E-state index in [-0.39, 0.29) is 5.97 Å². The molecule has 0 aliphatic carbocycles. The molecule has 5 nitrogen and oxygen atoms in total. The van der Waals surface area contributed by atoms with Gasteiger partial charge < -0.3 is 10.1 Å². The molecule has 0 aliphatic rings. The van der Waals surface area contributed by atoms with Gasteiger partial charge >= 0.3 is 5.97 Å². The minimum atomic E-state index is -0.488. The molecular weight excluding hydrogens is 338 g/mol. The van der Waals surface area contributed by atoms with Crippen LogP contribution in [-0.4, -0.2) is 21.8 Å². The van der Waals surface area contributed by atoms with Gasteiger partial charge in [-0.1, -0.05) is 42.5 Å². The first-order valence-electron chi connectivity index (χ1n) is 9.03. The highest BCUT2D eigenvalue weighted by atomic mass is 16.6. The van der Waals surface area contributed by atoms with Gasteiger partial charge in [-0.3, -0.25) is 5.10 Å². The van der Waals surface area contributed by atoms with E-state index in [1.807, 2.05) is 57.3 Å². The van der Waals surface area contributed by atoms with Gasteiger partial charge in [-0.25, -0.2) is 4.79 Å². The molecule has 2 N–H and O–H groups in total. The molecule has 0 fully saturated rings. The molecule has 3 rings (SSSR count). The number of nitrogens with one attached hydrogen (secondary N) is 2. The lowest BCUT2D eigenvalue weighted by Gasteiger charge is -2.19. The van der Waals surface area contributed by atoms with E-state index in [2.05, 4.69) is 27.6 Å². The molecule has 0 saturated heterocycles. The van der Waals surface area contributed by atoms with Crippen LogP contribution in [0.3, 0.4) is 0 Å². The van der Waals surface area contributed by atoms with Crippen molar-refractivity contribution in [1.82, 2.24) is 15.5 Å². The van der Waals surface area contributed by atoms with Crippen LogP contribution >= 0.6 is 0 Å². The number of hydrogen-bond donors (Lipinski definition) is 2. The average molecular weight is 363 g/mol. The number of aromatic nitrogens is 2. The number of ether oxygens (including phenoxy) is 1. The van der Waals surface area contributed by atoms with Crippen molar-refractivity contribution in [2.45, 2.75) is 39.5 Å². The maximum atomic E-state index is 12.1. The van der Waals surface area contributed by atoms with Crippen molar-refractivity contribution in [3.8, 4) is 11.3 Å². The smallest absolute Gasteiger partial charge is 0.338 e. The Morgan fingerprint density at radius 3 is 2.41 bits per heavy atom. The summed E-state index contributed by atoms with van der Waals surface area (Å²) in [4.78, 5) is 12.1. The van der Waals surface area contributed by atoms with Crippen LogP contribution in [0, 0.1) is 0 Å². The second-order valence-electron chi connectivity index (χ2n) is 7.44. The normalized spacial score (nSPS) is 11.4. The molecule has 2 aromatic carbocycles. The second-order valence-corrected chi connectivity index (χ2v) is 7.44. The quantitative estimate of drug-likeness (QED) is 0.640. The van der Waals surface area contributed by atoms with Gasteiger partial charge in [0.15, 0.2) is 0 Å². The van der Waals surface area contributed by atoms with Gasteiger partial charge in [-0.05, 0) is 44.0 Å². The highest BCUT2D eigenvalue weighted by Gasteiger charge is 2.17. The molecule has 0 amide bonds. The number of aromatic amines is 1. The summed E-state index contributed by atoms with van der Waals surface area (Å²) in [7, 11) is 0. The molecule has 1 heterocycles. The molecule has 0 atom stereocenters. The highest BCUT2D eigenvalue weighted by Crippen LogP contribution is 2.20. The molecule has 0 spiro atoms. The highest BCUT2D eigenvalue weighted by molar-refractivity contribution is 5.89. The Balaban J connectivity index is 1.56. The van der Waals surface area contributed by atoms with E-state index in [1.54, 1.807) is 12.1 Å². The Labute approximate surface area is 159 Å². The topological polar surface area (TPSA) is 67.0 Å². The number of hydrogen-bond acceptors (Lipinski definition) is 4. The summed E-state index contributed by atoms with van der Waals surface area (Å²) in [6.45, 7) is 7.00. The SMILES string of the molecule is CC(C)(C)OC(=O)c1ccc(CNCc2cn[nH]c2-c2ccccc2)cc1. The van der Waals surface area contributed by atoms with Crippen LogP contribution in [0.25, 0.3) is 11.3 Å². The van der Waals surface area contributed by atoms with E-state index >= 15 is 0 Å². The van der Waals surface area contributed by atoms with Crippen LogP contribution in [0.2, 0.25) is 0 Å². The standard InChI is InChI=1S/C22H25N3O2/c1-22(2,3)27-21(26)18-11-9-16(10-12-18)13-23-14-19-15-24-25-20(19)17-7-5-4-6-8-17/h4-12,15,23H,13-14H2,1-3H3,(H,24,25).